The summed E-state index contributed by atoms with van der Waals surface area (Å²) in [6.07, 6.45) is 0. The van der Waals surface area contributed by atoms with Crippen molar-refractivity contribution in [1.82, 2.24) is 5.32 Å². The van der Waals surface area contributed by atoms with Crippen molar-refractivity contribution in [3.63, 3.8) is 0 Å². The first kappa shape index (κ1) is 18.1. The molecule has 1 aromatic rings. The average Bonchev–Trinajstić information content (AvgIpc) is 2.37. The molecule has 1 aromatic carbocycles. The summed E-state index contributed by atoms with van der Waals surface area (Å²) in [5.41, 5.74) is 0.515. The van der Waals surface area contributed by atoms with E-state index >= 15 is 0 Å². The summed E-state index contributed by atoms with van der Waals surface area (Å²) in [6.45, 7) is 5.22. The van der Waals surface area contributed by atoms with E-state index < -0.39 is 6.61 Å². The molecule has 2 N–H and O–H groups in total. The fourth-order valence-corrected chi connectivity index (χ4v) is 1.76. The Morgan fingerprint density at radius 2 is 2.00 bits per heavy atom. The predicted molar refractivity (Wildman–Crippen MR) is 86.1 cm³/mol. The van der Waals surface area contributed by atoms with Crippen LogP contribution >= 0.6 is 12.2 Å². The monoisotopic (exact) mass is 327 g/mol. The molecular formula is C15H19F2N3OS. The average molecular weight is 327 g/mol. The van der Waals surface area contributed by atoms with Gasteiger partial charge < -0.3 is 15.4 Å². The minimum atomic E-state index is -2.99. The lowest BCUT2D eigenvalue weighted by atomic mass is 9.88. The number of halogens is 2. The topological polar surface area (TPSA) is 57.1 Å². The molecule has 1 atom stereocenters. The number of nitrogens with one attached hydrogen (secondary N) is 2. The molecule has 0 spiro atoms. The van der Waals surface area contributed by atoms with E-state index in [4.69, 9.17) is 17.5 Å². The molecule has 1 unspecified atom stereocenters. The highest BCUT2D eigenvalue weighted by Gasteiger charge is 2.20. The van der Waals surface area contributed by atoms with Gasteiger partial charge in [0.1, 0.15) is 11.8 Å². The van der Waals surface area contributed by atoms with Crippen molar-refractivity contribution >= 4 is 23.0 Å². The van der Waals surface area contributed by atoms with Crippen LogP contribution in [-0.4, -0.2) is 17.8 Å². The third kappa shape index (κ3) is 5.45. The molecule has 4 nitrogen and oxygen atoms in total. The number of benzene rings is 1. The zero-order valence-electron chi connectivity index (χ0n) is 12.9. The van der Waals surface area contributed by atoms with E-state index in [-0.39, 0.29) is 22.8 Å². The Labute approximate surface area is 134 Å². The number of ether oxygens (including phenoxy) is 1. The molecule has 0 heterocycles. The lowest BCUT2D eigenvalue weighted by Crippen LogP contribution is -2.43. The lowest BCUT2D eigenvalue weighted by molar-refractivity contribution is -0.0499. The maximum absolute atomic E-state index is 12.3. The Hall–Kier alpha value is -1.94. The van der Waals surface area contributed by atoms with Gasteiger partial charge in [-0.3, -0.25) is 0 Å². The summed E-state index contributed by atoms with van der Waals surface area (Å²) in [7, 11) is 0. The number of nitriles is 1. The molecule has 0 fully saturated rings. The maximum atomic E-state index is 12.3. The fraction of sp³-hybridized carbons (Fsp3) is 0.467. The number of anilines is 1. The summed E-state index contributed by atoms with van der Waals surface area (Å²) in [5.74, 6) is -0.186. The SMILES string of the molecule is CC(NC(=S)Nc1ccc(C#N)c(OC(F)F)c1)C(C)(C)C. The largest absolute Gasteiger partial charge is 0.433 e. The summed E-state index contributed by atoms with van der Waals surface area (Å²) < 4.78 is 29.0. The highest BCUT2D eigenvalue weighted by molar-refractivity contribution is 7.80. The molecule has 0 aliphatic carbocycles. The summed E-state index contributed by atoms with van der Waals surface area (Å²) in [5, 5.41) is 15.3. The van der Waals surface area contributed by atoms with Crippen molar-refractivity contribution in [1.29, 1.82) is 5.26 Å². The Bertz CT molecular complexity index is 579. The van der Waals surface area contributed by atoms with Gasteiger partial charge in [-0.05, 0) is 36.7 Å². The first-order chi connectivity index (χ1) is 10.1. The number of hydrogen-bond acceptors (Lipinski definition) is 3. The Morgan fingerprint density at radius 1 is 1.36 bits per heavy atom. The number of hydrogen-bond donors (Lipinski definition) is 2. The van der Waals surface area contributed by atoms with Gasteiger partial charge in [0.05, 0.1) is 5.56 Å². The van der Waals surface area contributed by atoms with E-state index in [0.29, 0.717) is 10.8 Å². The molecule has 0 saturated carbocycles. The van der Waals surface area contributed by atoms with Crippen LogP contribution in [0.25, 0.3) is 0 Å². The van der Waals surface area contributed by atoms with Crippen molar-refractivity contribution in [3.05, 3.63) is 23.8 Å². The lowest BCUT2D eigenvalue weighted by Gasteiger charge is -2.29. The maximum Gasteiger partial charge on any atom is 0.387 e. The molecule has 7 heteroatoms. The summed E-state index contributed by atoms with van der Waals surface area (Å²) in [4.78, 5) is 0. The van der Waals surface area contributed by atoms with Gasteiger partial charge in [-0.2, -0.15) is 14.0 Å². The molecule has 0 amide bonds. The van der Waals surface area contributed by atoms with Crippen molar-refractivity contribution in [3.8, 4) is 11.8 Å². The van der Waals surface area contributed by atoms with E-state index in [1.165, 1.54) is 12.1 Å². The third-order valence-corrected chi connectivity index (χ3v) is 3.44. The molecule has 0 saturated heterocycles. The quantitative estimate of drug-likeness (QED) is 0.822. The molecule has 0 aliphatic rings. The van der Waals surface area contributed by atoms with Crippen LogP contribution in [0.4, 0.5) is 14.5 Å². The number of alkyl halides is 2. The third-order valence-electron chi connectivity index (χ3n) is 3.22. The molecule has 1 rings (SSSR count). The Morgan fingerprint density at radius 3 is 2.50 bits per heavy atom. The van der Waals surface area contributed by atoms with Crippen LogP contribution in [0.15, 0.2) is 18.2 Å². The summed E-state index contributed by atoms with van der Waals surface area (Å²) in [6, 6.07) is 6.21. The van der Waals surface area contributed by atoms with Crippen LogP contribution in [0.1, 0.15) is 33.3 Å². The van der Waals surface area contributed by atoms with Crippen LogP contribution in [0, 0.1) is 16.7 Å². The highest BCUT2D eigenvalue weighted by Crippen LogP contribution is 2.25. The summed E-state index contributed by atoms with van der Waals surface area (Å²) >= 11 is 5.20. The normalized spacial score (nSPS) is 12.5. The zero-order valence-corrected chi connectivity index (χ0v) is 13.7. The van der Waals surface area contributed by atoms with Crippen LogP contribution < -0.4 is 15.4 Å². The van der Waals surface area contributed by atoms with Gasteiger partial charge in [0.25, 0.3) is 0 Å². The molecule has 0 aliphatic heterocycles. The van der Waals surface area contributed by atoms with Crippen LogP contribution in [0.3, 0.4) is 0 Å². The second kappa shape index (κ2) is 7.36. The first-order valence-corrected chi connectivity index (χ1v) is 7.10. The van der Waals surface area contributed by atoms with Crippen molar-refractivity contribution in [2.75, 3.05) is 5.32 Å². The van der Waals surface area contributed by atoms with E-state index in [9.17, 15) is 8.78 Å². The van der Waals surface area contributed by atoms with Gasteiger partial charge in [-0.25, -0.2) is 0 Å². The fourth-order valence-electron chi connectivity index (χ4n) is 1.47. The zero-order chi connectivity index (χ0) is 16.9. The van der Waals surface area contributed by atoms with Crippen molar-refractivity contribution in [2.45, 2.75) is 40.3 Å². The van der Waals surface area contributed by atoms with Gasteiger partial charge in [-0.1, -0.05) is 20.8 Å². The first-order valence-electron chi connectivity index (χ1n) is 6.70. The van der Waals surface area contributed by atoms with Crippen molar-refractivity contribution in [2.24, 2.45) is 5.41 Å². The second-order valence-electron chi connectivity index (χ2n) is 5.89. The minimum Gasteiger partial charge on any atom is -0.433 e. The predicted octanol–water partition coefficient (Wildman–Crippen LogP) is 3.88. The second-order valence-corrected chi connectivity index (χ2v) is 6.30. The van der Waals surface area contributed by atoms with Gasteiger partial charge >= 0.3 is 6.61 Å². The minimum absolute atomic E-state index is 0.0142. The van der Waals surface area contributed by atoms with Gasteiger partial charge in [0.15, 0.2) is 5.11 Å². The molecule has 22 heavy (non-hydrogen) atoms. The van der Waals surface area contributed by atoms with Crippen LogP contribution in [-0.2, 0) is 0 Å². The molecule has 0 bridgehead atoms. The van der Waals surface area contributed by atoms with Gasteiger partial charge in [0.2, 0.25) is 0 Å². The molecule has 0 radical (unpaired) electrons. The van der Waals surface area contributed by atoms with E-state index in [1.807, 2.05) is 6.92 Å². The highest BCUT2D eigenvalue weighted by atomic mass is 32.1. The number of rotatable bonds is 4. The van der Waals surface area contributed by atoms with Gasteiger partial charge in [0, 0.05) is 17.8 Å². The van der Waals surface area contributed by atoms with E-state index in [2.05, 4.69) is 36.1 Å². The number of nitrogens with zero attached hydrogens (tertiary/aromatic N) is 1. The molecular weight excluding hydrogens is 308 g/mol. The van der Waals surface area contributed by atoms with Crippen LogP contribution in [0.2, 0.25) is 0 Å². The standard InChI is InChI=1S/C15H19F2N3OS/c1-9(15(2,3)4)19-14(22)20-11-6-5-10(8-18)12(7-11)21-13(16)17/h5-7,9,13H,1-4H3,(H2,19,20,22). The van der Waals surface area contributed by atoms with E-state index in [0.717, 1.165) is 0 Å². The molecule has 120 valence electrons. The molecule has 0 aromatic heterocycles. The Kier molecular flexibility index (Phi) is 6.06. The number of thiocarbonyl (C=S) groups is 1. The smallest absolute Gasteiger partial charge is 0.387 e. The van der Waals surface area contributed by atoms with E-state index in [1.54, 1.807) is 12.1 Å². The Balaban J connectivity index is 2.82. The van der Waals surface area contributed by atoms with Crippen LogP contribution in [0.5, 0.6) is 5.75 Å². The van der Waals surface area contributed by atoms with Crippen molar-refractivity contribution < 1.29 is 13.5 Å². The van der Waals surface area contributed by atoms with Gasteiger partial charge in [-0.15, -0.1) is 0 Å².